The van der Waals surface area contributed by atoms with Gasteiger partial charge < -0.3 is 9.67 Å². The van der Waals surface area contributed by atoms with Gasteiger partial charge >= 0.3 is 11.4 Å². The van der Waals surface area contributed by atoms with E-state index in [1.807, 2.05) is 24.3 Å². The Kier molecular flexibility index (Phi) is 7.69. The van der Waals surface area contributed by atoms with Crippen molar-refractivity contribution < 1.29 is 28.2 Å². The summed E-state index contributed by atoms with van der Waals surface area (Å²) in [5.41, 5.74) is 2.08. The molecule has 1 aromatic heterocycles. The van der Waals surface area contributed by atoms with Crippen LogP contribution in [0.3, 0.4) is 0 Å². The first kappa shape index (κ1) is 19.7. The number of benzene rings is 1. The third-order valence-corrected chi connectivity index (χ3v) is 4.09. The minimum absolute atomic E-state index is 0.104. The van der Waals surface area contributed by atoms with Gasteiger partial charge in [-0.2, -0.15) is 4.21 Å². The fraction of sp³-hybridized carbons (Fsp3) is 0.438. The molecule has 3 N–H and O–H groups in total. The van der Waals surface area contributed by atoms with Crippen LogP contribution in [0.4, 0.5) is 0 Å². The lowest BCUT2D eigenvalue weighted by atomic mass is 10.1. The van der Waals surface area contributed by atoms with E-state index in [1.165, 1.54) is 6.20 Å². The summed E-state index contributed by atoms with van der Waals surface area (Å²) in [6.07, 6.45) is 2.57. The van der Waals surface area contributed by atoms with Crippen LogP contribution in [0.25, 0.3) is 0 Å². The lowest BCUT2D eigenvalue weighted by molar-refractivity contribution is -0.253. The molecule has 0 aliphatic rings. The highest BCUT2D eigenvalue weighted by Gasteiger charge is 2.19. The topological polar surface area (TPSA) is 114 Å². The van der Waals surface area contributed by atoms with E-state index in [2.05, 4.69) is 21.0 Å². The highest BCUT2D eigenvalue weighted by molar-refractivity contribution is 7.74. The van der Waals surface area contributed by atoms with Crippen LogP contribution in [0.15, 0.2) is 30.5 Å². The quantitative estimate of drug-likeness (QED) is 0.255. The Balaban J connectivity index is 2.25. The summed E-state index contributed by atoms with van der Waals surface area (Å²) in [5, 5.41) is 18.5. The van der Waals surface area contributed by atoms with E-state index < -0.39 is 17.7 Å². The van der Waals surface area contributed by atoms with E-state index >= 15 is 0 Å². The first-order valence-electron chi connectivity index (χ1n) is 7.89. The van der Waals surface area contributed by atoms with Crippen LogP contribution >= 0.6 is 0 Å². The van der Waals surface area contributed by atoms with Crippen molar-refractivity contribution in [2.45, 2.75) is 45.6 Å². The lowest BCUT2D eigenvalue weighted by Gasteiger charge is -2.15. The molecule has 0 fully saturated rings. The molecule has 2 aromatic rings. The molecule has 9 heteroatoms. The van der Waals surface area contributed by atoms with Crippen molar-refractivity contribution in [3.05, 3.63) is 53.1 Å². The Hall–Kier alpha value is -1.62. The van der Waals surface area contributed by atoms with E-state index in [-0.39, 0.29) is 6.61 Å². The predicted molar refractivity (Wildman–Crippen MR) is 90.6 cm³/mol. The fourth-order valence-corrected chi connectivity index (χ4v) is 2.72. The molecule has 2 unspecified atom stereocenters. The minimum Gasteiger partial charge on any atom is -0.362 e. The van der Waals surface area contributed by atoms with Gasteiger partial charge in [-0.3, -0.25) is 9.81 Å². The van der Waals surface area contributed by atoms with Crippen LogP contribution in [0, 0.1) is 0 Å². The molecule has 1 heterocycles. The number of hydrogen-bond donors (Lipinski definition) is 3. The van der Waals surface area contributed by atoms with Crippen LogP contribution in [0.5, 0.6) is 0 Å². The fourth-order valence-electron chi connectivity index (χ4n) is 2.47. The van der Waals surface area contributed by atoms with E-state index in [0.717, 1.165) is 36.2 Å². The van der Waals surface area contributed by atoms with Gasteiger partial charge in [0.1, 0.15) is 12.4 Å². The van der Waals surface area contributed by atoms with E-state index in [0.29, 0.717) is 12.2 Å². The highest BCUT2D eigenvalue weighted by Crippen LogP contribution is 2.20. The van der Waals surface area contributed by atoms with Crippen molar-refractivity contribution in [2.75, 3.05) is 0 Å². The number of aryl methyl sites for hydroxylation is 1. The van der Waals surface area contributed by atoms with E-state index in [1.54, 1.807) is 4.57 Å². The molecule has 0 saturated carbocycles. The number of aromatic nitrogens is 2. The number of aliphatic hydroxyl groups is 1. The zero-order valence-corrected chi connectivity index (χ0v) is 14.7. The molecule has 0 amide bonds. The van der Waals surface area contributed by atoms with Crippen molar-refractivity contribution in [1.29, 1.82) is 0 Å². The highest BCUT2D eigenvalue weighted by atomic mass is 32.2. The molecule has 25 heavy (non-hydrogen) atoms. The first-order valence-corrected chi connectivity index (χ1v) is 8.92. The second-order valence-electron chi connectivity index (χ2n) is 5.54. The second kappa shape index (κ2) is 9.76. The second-order valence-corrected chi connectivity index (χ2v) is 6.17. The molecule has 1 aromatic carbocycles. The average molecular weight is 370 g/mol. The Morgan fingerprint density at radius 2 is 1.96 bits per heavy atom. The molecule has 0 radical (unpaired) electrons. The maximum atomic E-state index is 10.8. The molecule has 2 rings (SSSR count). The Morgan fingerprint density at radius 1 is 1.28 bits per heavy atom. The van der Waals surface area contributed by atoms with Crippen LogP contribution in [0.2, 0.25) is 0 Å². The summed E-state index contributed by atoms with van der Waals surface area (Å²) in [7, 11) is 0. The number of aliphatic hydroxyl groups excluding tert-OH is 1. The molecular formula is C16H22N2O6S. The molecule has 2 atom stereocenters. The number of hydrogen-bond acceptors (Lipinski definition) is 6. The maximum Gasteiger partial charge on any atom is 0.304 e. The Morgan fingerprint density at radius 3 is 2.56 bits per heavy atom. The molecule has 0 spiro atoms. The molecule has 0 saturated heterocycles. The molecule has 138 valence electrons. The van der Waals surface area contributed by atoms with E-state index in [9.17, 15) is 9.32 Å². The zero-order chi connectivity index (χ0) is 18.2. The monoisotopic (exact) mass is 370 g/mol. The first-order chi connectivity index (χ1) is 12.0. The smallest absolute Gasteiger partial charge is 0.304 e. The van der Waals surface area contributed by atoms with Crippen molar-refractivity contribution in [1.82, 2.24) is 9.55 Å². The van der Waals surface area contributed by atoms with Crippen LogP contribution in [-0.4, -0.2) is 28.7 Å². The number of imidazole rings is 1. The predicted octanol–water partition coefficient (Wildman–Crippen LogP) is 2.41. The summed E-state index contributed by atoms with van der Waals surface area (Å²) in [6, 6.07) is 7.39. The van der Waals surface area contributed by atoms with Crippen molar-refractivity contribution >= 4 is 11.4 Å². The van der Waals surface area contributed by atoms with Gasteiger partial charge in [-0.1, -0.05) is 37.6 Å². The van der Waals surface area contributed by atoms with Gasteiger partial charge in [0.15, 0.2) is 0 Å². The summed E-state index contributed by atoms with van der Waals surface area (Å²) in [5.74, 6) is 0.769. The SMILES string of the molecule is CCCCc1ncc(C(O)OS(=O)O)n1Cc1ccc(COO)cc1. The molecule has 0 bridgehead atoms. The number of rotatable bonds is 10. The largest absolute Gasteiger partial charge is 0.362 e. The van der Waals surface area contributed by atoms with Gasteiger partial charge in [-0.05, 0) is 17.5 Å². The van der Waals surface area contributed by atoms with E-state index in [4.69, 9.17) is 9.81 Å². The number of unbranched alkanes of at least 4 members (excludes halogenated alkanes) is 1. The minimum atomic E-state index is -2.58. The van der Waals surface area contributed by atoms with Gasteiger partial charge in [-0.25, -0.2) is 14.1 Å². The molecule has 0 aliphatic carbocycles. The Bertz CT molecular complexity index is 688. The summed E-state index contributed by atoms with van der Waals surface area (Å²) >= 11 is -2.58. The summed E-state index contributed by atoms with van der Waals surface area (Å²) < 4.78 is 26.0. The van der Waals surface area contributed by atoms with Crippen molar-refractivity contribution in [3.63, 3.8) is 0 Å². The van der Waals surface area contributed by atoms with Crippen LogP contribution < -0.4 is 0 Å². The lowest BCUT2D eigenvalue weighted by Crippen LogP contribution is -2.14. The van der Waals surface area contributed by atoms with Gasteiger partial charge in [0, 0.05) is 13.0 Å². The van der Waals surface area contributed by atoms with Crippen molar-refractivity contribution in [2.24, 2.45) is 0 Å². The number of nitrogens with zero attached hydrogens (tertiary/aromatic N) is 2. The summed E-state index contributed by atoms with van der Waals surface area (Å²) in [6.45, 7) is 2.60. The van der Waals surface area contributed by atoms with Gasteiger partial charge in [0.25, 0.3) is 0 Å². The average Bonchev–Trinajstić information content (AvgIpc) is 2.97. The Labute approximate surface area is 148 Å². The third kappa shape index (κ3) is 5.70. The normalized spacial score (nSPS) is 13.8. The molecule has 0 aliphatic heterocycles. The van der Waals surface area contributed by atoms with Gasteiger partial charge in [0.05, 0.1) is 11.9 Å². The van der Waals surface area contributed by atoms with Gasteiger partial charge in [-0.15, -0.1) is 0 Å². The summed E-state index contributed by atoms with van der Waals surface area (Å²) in [4.78, 5) is 8.42. The molecule has 8 nitrogen and oxygen atoms in total. The van der Waals surface area contributed by atoms with Crippen LogP contribution in [0.1, 0.15) is 48.7 Å². The standard InChI is InChI=1S/C16H22N2O6S/c1-2-3-4-15-17-9-14(16(19)24-25(21)22)18(15)10-12-5-7-13(8-6-12)11-23-20/h5-9,16,19-20H,2-4,10-11H2,1H3,(H,21,22). The van der Waals surface area contributed by atoms with Crippen LogP contribution in [-0.2, 0) is 40.0 Å². The van der Waals surface area contributed by atoms with Crippen molar-refractivity contribution in [3.8, 4) is 0 Å². The molecular weight excluding hydrogens is 348 g/mol. The van der Waals surface area contributed by atoms with Gasteiger partial charge in [0.2, 0.25) is 6.29 Å². The zero-order valence-electron chi connectivity index (χ0n) is 13.9. The maximum absolute atomic E-state index is 10.8. The third-order valence-electron chi connectivity index (χ3n) is 3.74.